The van der Waals surface area contributed by atoms with Gasteiger partial charge in [-0.2, -0.15) is 26.3 Å². The highest BCUT2D eigenvalue weighted by Gasteiger charge is 2.65. The second-order valence-electron chi connectivity index (χ2n) is 10.4. The van der Waals surface area contributed by atoms with Gasteiger partial charge in [0, 0.05) is 31.8 Å². The second kappa shape index (κ2) is 17.7. The number of aliphatic carboxylic acids is 1. The van der Waals surface area contributed by atoms with Crippen molar-refractivity contribution in [2.75, 3.05) is 14.2 Å². The summed E-state index contributed by atoms with van der Waals surface area (Å²) in [4.78, 5) is 37.4. The topological polar surface area (TPSA) is 108 Å². The largest absolute Gasteiger partial charge is 0.481 e. The van der Waals surface area contributed by atoms with Gasteiger partial charge in [-0.3, -0.25) is 4.79 Å². The molecule has 2 aromatic carbocycles. The first-order valence-corrected chi connectivity index (χ1v) is 14.8. The molecule has 48 heavy (non-hydrogen) atoms. The standard InChI is InChI=1S/C34H36F6O8/c1-4-5-19-26(47-29(43)31(45-2,33(35,36)37)24-15-9-6-10-16-24)22-23-27(20-13-8-14-21-28(41)42)48-30(44)32(46-3,34(38,39)40)25-17-11-7-12-18-25/h6-7,9-13,15-18,20,26-27H,4-5,8,14,19,21H2,1-3H3,(H,41,42)/b20-13-/t26-,27+,31-,32-/m1/s1. The van der Waals surface area contributed by atoms with Crippen molar-refractivity contribution in [3.05, 3.63) is 83.9 Å². The van der Waals surface area contributed by atoms with Gasteiger partial charge in [0.1, 0.15) is 0 Å². The van der Waals surface area contributed by atoms with Crippen LogP contribution < -0.4 is 0 Å². The molecule has 262 valence electrons. The lowest BCUT2D eigenvalue weighted by Gasteiger charge is -2.33. The fourth-order valence-electron chi connectivity index (χ4n) is 4.62. The molecule has 0 radical (unpaired) electrons. The van der Waals surface area contributed by atoms with Crippen molar-refractivity contribution >= 4 is 17.9 Å². The molecule has 0 spiro atoms. The van der Waals surface area contributed by atoms with Crippen LogP contribution in [0.1, 0.15) is 56.6 Å². The molecule has 0 aliphatic heterocycles. The quantitative estimate of drug-likeness (QED) is 0.0660. The van der Waals surface area contributed by atoms with Crippen molar-refractivity contribution in [3.8, 4) is 11.8 Å². The number of hydrogen-bond acceptors (Lipinski definition) is 7. The van der Waals surface area contributed by atoms with Crippen LogP contribution in [0.25, 0.3) is 0 Å². The molecule has 0 saturated heterocycles. The van der Waals surface area contributed by atoms with E-state index in [0.717, 1.165) is 30.3 Å². The molecule has 0 saturated carbocycles. The summed E-state index contributed by atoms with van der Waals surface area (Å²) in [6.07, 6.45) is -10.8. The van der Waals surface area contributed by atoms with Gasteiger partial charge in [-0.05, 0) is 31.8 Å². The number of alkyl halides is 6. The van der Waals surface area contributed by atoms with E-state index in [0.29, 0.717) is 27.1 Å². The zero-order chi connectivity index (χ0) is 36.0. The number of ether oxygens (including phenoxy) is 4. The summed E-state index contributed by atoms with van der Waals surface area (Å²) in [5.41, 5.74) is -8.27. The van der Waals surface area contributed by atoms with E-state index in [9.17, 15) is 40.7 Å². The highest BCUT2D eigenvalue weighted by molar-refractivity contribution is 5.84. The number of rotatable bonds is 16. The molecule has 8 nitrogen and oxygen atoms in total. The Bertz CT molecular complexity index is 1430. The first-order chi connectivity index (χ1) is 22.6. The number of carboxylic acid groups (broad SMARTS) is 1. The van der Waals surface area contributed by atoms with Crippen LogP contribution in [0, 0.1) is 11.8 Å². The van der Waals surface area contributed by atoms with Crippen molar-refractivity contribution in [2.24, 2.45) is 0 Å². The predicted octanol–water partition coefficient (Wildman–Crippen LogP) is 7.02. The monoisotopic (exact) mass is 686 g/mol. The fraction of sp³-hybridized carbons (Fsp3) is 0.441. The smallest absolute Gasteiger partial charge is 0.432 e. The lowest BCUT2D eigenvalue weighted by atomic mass is 9.92. The molecule has 0 amide bonds. The van der Waals surface area contributed by atoms with Gasteiger partial charge >= 0.3 is 30.3 Å². The van der Waals surface area contributed by atoms with Crippen molar-refractivity contribution in [3.63, 3.8) is 0 Å². The Balaban J connectivity index is 2.56. The molecule has 0 heterocycles. The summed E-state index contributed by atoms with van der Waals surface area (Å²) in [5, 5.41) is 8.87. The highest BCUT2D eigenvalue weighted by Crippen LogP contribution is 2.44. The van der Waals surface area contributed by atoms with Crippen LogP contribution in [0.3, 0.4) is 0 Å². The average molecular weight is 687 g/mol. The number of carbonyl (C=O) groups excluding carboxylic acids is 2. The average Bonchev–Trinajstić information content (AvgIpc) is 3.02. The van der Waals surface area contributed by atoms with Crippen LogP contribution in [0.5, 0.6) is 0 Å². The van der Waals surface area contributed by atoms with Gasteiger partial charge in [0.15, 0.2) is 12.2 Å². The molecule has 0 unspecified atom stereocenters. The summed E-state index contributed by atoms with van der Waals surface area (Å²) in [5.74, 6) is -0.00118. The van der Waals surface area contributed by atoms with Crippen LogP contribution in [-0.4, -0.2) is 61.8 Å². The van der Waals surface area contributed by atoms with Gasteiger partial charge in [0.2, 0.25) is 0 Å². The number of carboxylic acids is 1. The molecule has 0 aliphatic carbocycles. The number of hydrogen-bond donors (Lipinski definition) is 1. The minimum absolute atomic E-state index is 0.0841. The minimum atomic E-state index is -5.32. The van der Waals surface area contributed by atoms with E-state index in [-0.39, 0.29) is 25.7 Å². The lowest BCUT2D eigenvalue weighted by molar-refractivity contribution is -0.278. The maximum atomic E-state index is 14.5. The molecule has 1 N–H and O–H groups in total. The molecule has 0 aromatic heterocycles. The van der Waals surface area contributed by atoms with Gasteiger partial charge < -0.3 is 24.1 Å². The van der Waals surface area contributed by atoms with Crippen molar-refractivity contribution in [2.45, 2.75) is 81.2 Å². The van der Waals surface area contributed by atoms with E-state index < -0.39 is 64.8 Å². The third kappa shape index (κ3) is 9.60. The maximum Gasteiger partial charge on any atom is 0.432 e. The molecule has 0 fully saturated rings. The van der Waals surface area contributed by atoms with E-state index in [2.05, 4.69) is 11.8 Å². The van der Waals surface area contributed by atoms with Gasteiger partial charge in [0.05, 0.1) is 0 Å². The third-order valence-corrected chi connectivity index (χ3v) is 7.11. The van der Waals surface area contributed by atoms with E-state index in [1.165, 1.54) is 42.5 Å². The lowest BCUT2D eigenvalue weighted by Crippen LogP contribution is -2.52. The van der Waals surface area contributed by atoms with E-state index in [1.807, 2.05) is 0 Å². The predicted molar refractivity (Wildman–Crippen MR) is 160 cm³/mol. The Labute approximate surface area is 274 Å². The Kier molecular flexibility index (Phi) is 14.7. The van der Waals surface area contributed by atoms with E-state index in [1.54, 1.807) is 6.92 Å². The molecule has 14 heteroatoms. The maximum absolute atomic E-state index is 14.5. The molecular weight excluding hydrogens is 650 g/mol. The molecule has 4 atom stereocenters. The molecule has 2 rings (SSSR count). The zero-order valence-electron chi connectivity index (χ0n) is 26.4. The second-order valence-corrected chi connectivity index (χ2v) is 10.4. The molecule has 0 aliphatic rings. The number of esters is 2. The van der Waals surface area contributed by atoms with Crippen molar-refractivity contribution in [1.29, 1.82) is 0 Å². The number of allylic oxidation sites excluding steroid dienone is 1. The van der Waals surface area contributed by atoms with Crippen LogP contribution in [0.2, 0.25) is 0 Å². The van der Waals surface area contributed by atoms with Crippen LogP contribution in [0.15, 0.2) is 72.8 Å². The third-order valence-electron chi connectivity index (χ3n) is 7.11. The summed E-state index contributed by atoms with van der Waals surface area (Å²) >= 11 is 0. The Hall–Kier alpha value is -4.35. The zero-order valence-corrected chi connectivity index (χ0v) is 26.4. The van der Waals surface area contributed by atoms with E-state index in [4.69, 9.17) is 24.1 Å². The molecule has 0 bridgehead atoms. The summed E-state index contributed by atoms with van der Waals surface area (Å²) in [6.45, 7) is 1.75. The number of methoxy groups -OCH3 is 2. The number of unbranched alkanes of at least 4 members (excludes halogenated alkanes) is 2. The Morgan fingerprint density at radius 1 is 0.771 bits per heavy atom. The van der Waals surface area contributed by atoms with Gasteiger partial charge in [0.25, 0.3) is 11.2 Å². The summed E-state index contributed by atoms with van der Waals surface area (Å²) in [7, 11) is 1.36. The van der Waals surface area contributed by atoms with Gasteiger partial charge in [-0.1, -0.05) is 91.9 Å². The van der Waals surface area contributed by atoms with Crippen LogP contribution >= 0.6 is 0 Å². The van der Waals surface area contributed by atoms with Crippen molar-refractivity contribution < 1.29 is 64.8 Å². The number of carbonyl (C=O) groups is 3. The van der Waals surface area contributed by atoms with Crippen LogP contribution in [0.4, 0.5) is 26.3 Å². The Morgan fingerprint density at radius 2 is 1.25 bits per heavy atom. The summed E-state index contributed by atoms with van der Waals surface area (Å²) in [6, 6.07) is 12.0. The highest BCUT2D eigenvalue weighted by atomic mass is 19.4. The van der Waals surface area contributed by atoms with Gasteiger partial charge in [-0.15, -0.1) is 0 Å². The van der Waals surface area contributed by atoms with Crippen molar-refractivity contribution in [1.82, 2.24) is 0 Å². The van der Waals surface area contributed by atoms with E-state index >= 15 is 0 Å². The van der Waals surface area contributed by atoms with Gasteiger partial charge in [-0.25, -0.2) is 9.59 Å². The Morgan fingerprint density at radius 3 is 1.67 bits per heavy atom. The molecular formula is C34H36F6O8. The number of benzene rings is 2. The fourth-order valence-corrected chi connectivity index (χ4v) is 4.62. The first-order valence-electron chi connectivity index (χ1n) is 14.8. The number of halogens is 6. The minimum Gasteiger partial charge on any atom is -0.481 e. The SMILES string of the molecule is CCCC[C@H](C#C[C@H](/C=C\CCCC(=O)O)OC(=O)[C@](OC)(c1ccccc1)C(F)(F)F)OC(=O)[C@](OC)(c1ccccc1)C(F)(F)F. The summed E-state index contributed by atoms with van der Waals surface area (Å²) < 4.78 is 107. The molecule has 2 aromatic rings. The first kappa shape index (κ1) is 39.8. The van der Waals surface area contributed by atoms with Crippen LogP contribution in [-0.2, 0) is 44.5 Å². The normalized spacial score (nSPS) is 15.7.